The summed E-state index contributed by atoms with van der Waals surface area (Å²) in [7, 11) is 1.98. The minimum Gasteiger partial charge on any atom is -0.343 e. The molecule has 1 aliphatic rings. The van der Waals surface area contributed by atoms with E-state index in [1.165, 1.54) is 0 Å². The lowest BCUT2D eigenvalue weighted by Crippen LogP contribution is -2.50. The molecule has 0 aromatic heterocycles. The van der Waals surface area contributed by atoms with Gasteiger partial charge in [0.1, 0.15) is 0 Å². The van der Waals surface area contributed by atoms with Crippen molar-refractivity contribution in [2.45, 2.75) is 45.6 Å². The third-order valence-electron chi connectivity index (χ3n) is 4.41. The van der Waals surface area contributed by atoms with E-state index in [-0.39, 0.29) is 5.41 Å². The molecule has 0 radical (unpaired) electrons. The Kier molecular flexibility index (Phi) is 6.50. The van der Waals surface area contributed by atoms with E-state index >= 15 is 0 Å². The van der Waals surface area contributed by atoms with Gasteiger partial charge in [0.05, 0.1) is 5.41 Å². The topological polar surface area (TPSA) is 32.3 Å². The molecule has 1 saturated heterocycles. The summed E-state index contributed by atoms with van der Waals surface area (Å²) in [6.45, 7) is 6.28. The van der Waals surface area contributed by atoms with E-state index in [4.69, 9.17) is 0 Å². The van der Waals surface area contributed by atoms with Gasteiger partial charge in [0.2, 0.25) is 5.91 Å². The lowest BCUT2D eigenvalue weighted by atomic mass is 9.75. The summed E-state index contributed by atoms with van der Waals surface area (Å²) in [6.07, 6.45) is 6.15. The highest BCUT2D eigenvalue weighted by atomic mass is 32.2. The van der Waals surface area contributed by atoms with Crippen molar-refractivity contribution in [1.29, 1.82) is 0 Å². The van der Waals surface area contributed by atoms with E-state index in [0.29, 0.717) is 11.9 Å². The molecular weight excluding hydrogens is 244 g/mol. The summed E-state index contributed by atoms with van der Waals surface area (Å²) in [5, 5.41) is 3.36. The fraction of sp³-hybridized carbons (Fsp3) is 0.929. The van der Waals surface area contributed by atoms with Gasteiger partial charge in [0, 0.05) is 13.1 Å². The molecule has 0 aromatic carbocycles. The molecule has 1 fully saturated rings. The first-order valence-electron chi connectivity index (χ1n) is 7.04. The standard InChI is InChI=1S/C14H28N2OS/c1-5-14(7-9-15-10-8-14)13(17)16(3)12(2)6-11-18-4/h12,15H,5-11H2,1-4H3. The van der Waals surface area contributed by atoms with Crippen LogP contribution in [0.2, 0.25) is 0 Å². The van der Waals surface area contributed by atoms with Crippen molar-refractivity contribution in [1.82, 2.24) is 10.2 Å². The molecule has 0 bridgehead atoms. The van der Waals surface area contributed by atoms with Crippen LogP contribution in [0.1, 0.15) is 39.5 Å². The monoisotopic (exact) mass is 272 g/mol. The molecule has 106 valence electrons. The number of hydrogen-bond acceptors (Lipinski definition) is 3. The van der Waals surface area contributed by atoms with Crippen molar-refractivity contribution < 1.29 is 4.79 Å². The van der Waals surface area contributed by atoms with Crippen molar-refractivity contribution in [2.24, 2.45) is 5.41 Å². The maximum atomic E-state index is 12.7. The van der Waals surface area contributed by atoms with Crippen LogP contribution in [0.25, 0.3) is 0 Å². The number of thioether (sulfide) groups is 1. The third kappa shape index (κ3) is 3.64. The van der Waals surface area contributed by atoms with Gasteiger partial charge in [-0.05, 0) is 57.7 Å². The second-order valence-electron chi connectivity index (χ2n) is 5.43. The Hall–Kier alpha value is -0.220. The van der Waals surface area contributed by atoms with E-state index < -0.39 is 0 Å². The maximum Gasteiger partial charge on any atom is 0.228 e. The molecule has 0 aliphatic carbocycles. The number of nitrogens with zero attached hydrogens (tertiary/aromatic N) is 1. The average molecular weight is 272 g/mol. The Morgan fingerprint density at radius 2 is 2.06 bits per heavy atom. The lowest BCUT2D eigenvalue weighted by Gasteiger charge is -2.40. The van der Waals surface area contributed by atoms with Crippen LogP contribution >= 0.6 is 11.8 Å². The first-order valence-corrected chi connectivity index (χ1v) is 8.43. The zero-order chi connectivity index (χ0) is 13.6. The van der Waals surface area contributed by atoms with Crippen molar-refractivity contribution in [3.63, 3.8) is 0 Å². The van der Waals surface area contributed by atoms with E-state index in [0.717, 1.165) is 44.5 Å². The quantitative estimate of drug-likeness (QED) is 0.805. The largest absolute Gasteiger partial charge is 0.343 e. The fourth-order valence-electron chi connectivity index (χ4n) is 2.68. The van der Waals surface area contributed by atoms with Crippen LogP contribution < -0.4 is 5.32 Å². The van der Waals surface area contributed by atoms with Crippen LogP contribution in [0.4, 0.5) is 0 Å². The van der Waals surface area contributed by atoms with Crippen LogP contribution in [0.15, 0.2) is 0 Å². The predicted octanol–water partition coefficient (Wildman–Crippen LogP) is 2.37. The summed E-state index contributed by atoms with van der Waals surface area (Å²) >= 11 is 1.85. The molecule has 1 N–H and O–H groups in total. The molecule has 1 aliphatic heterocycles. The van der Waals surface area contributed by atoms with E-state index in [9.17, 15) is 4.79 Å². The van der Waals surface area contributed by atoms with Crippen molar-refractivity contribution >= 4 is 17.7 Å². The molecule has 0 spiro atoms. The Bertz CT molecular complexity index is 265. The van der Waals surface area contributed by atoms with Gasteiger partial charge < -0.3 is 10.2 Å². The second kappa shape index (κ2) is 7.39. The Morgan fingerprint density at radius 3 is 2.56 bits per heavy atom. The Balaban J connectivity index is 2.64. The molecular formula is C14H28N2OS. The molecule has 0 aromatic rings. The van der Waals surface area contributed by atoms with Gasteiger partial charge in [-0.2, -0.15) is 11.8 Å². The SMILES string of the molecule is CCC1(C(=O)N(C)C(C)CCSC)CCNCC1. The van der Waals surface area contributed by atoms with E-state index in [2.05, 4.69) is 25.4 Å². The highest BCUT2D eigenvalue weighted by Gasteiger charge is 2.40. The van der Waals surface area contributed by atoms with Crippen molar-refractivity contribution in [3.8, 4) is 0 Å². The van der Waals surface area contributed by atoms with Crippen LogP contribution in [-0.4, -0.2) is 49.0 Å². The number of carbonyl (C=O) groups is 1. The predicted molar refractivity (Wildman–Crippen MR) is 80.1 cm³/mol. The zero-order valence-corrected chi connectivity index (χ0v) is 13.1. The number of amides is 1. The molecule has 1 heterocycles. The molecule has 3 nitrogen and oxygen atoms in total. The second-order valence-corrected chi connectivity index (χ2v) is 6.42. The number of rotatable bonds is 6. The van der Waals surface area contributed by atoms with Crippen LogP contribution in [0.3, 0.4) is 0 Å². The van der Waals surface area contributed by atoms with Crippen LogP contribution in [0.5, 0.6) is 0 Å². The molecule has 1 atom stereocenters. The summed E-state index contributed by atoms with van der Waals surface area (Å²) in [4.78, 5) is 14.7. The highest BCUT2D eigenvalue weighted by molar-refractivity contribution is 7.98. The molecule has 0 saturated carbocycles. The number of piperidine rings is 1. The van der Waals surface area contributed by atoms with Gasteiger partial charge in [0.15, 0.2) is 0 Å². The fourth-order valence-corrected chi connectivity index (χ4v) is 3.26. The Labute approximate surface area is 116 Å². The molecule has 4 heteroatoms. The normalized spacial score (nSPS) is 20.4. The van der Waals surface area contributed by atoms with Crippen molar-refractivity contribution in [2.75, 3.05) is 32.1 Å². The smallest absolute Gasteiger partial charge is 0.228 e. The molecule has 1 rings (SSSR count). The summed E-state index contributed by atoms with van der Waals surface area (Å²) in [6, 6.07) is 0.350. The van der Waals surface area contributed by atoms with E-state index in [1.54, 1.807) is 0 Å². The maximum absolute atomic E-state index is 12.7. The molecule has 1 amide bonds. The summed E-state index contributed by atoms with van der Waals surface area (Å²) < 4.78 is 0. The van der Waals surface area contributed by atoms with E-state index in [1.807, 2.05) is 23.7 Å². The first kappa shape index (κ1) is 15.8. The van der Waals surface area contributed by atoms with Gasteiger partial charge in [-0.15, -0.1) is 0 Å². The average Bonchev–Trinajstić information content (AvgIpc) is 2.43. The van der Waals surface area contributed by atoms with Gasteiger partial charge >= 0.3 is 0 Å². The number of hydrogen-bond donors (Lipinski definition) is 1. The van der Waals surface area contributed by atoms with Gasteiger partial charge in [-0.1, -0.05) is 6.92 Å². The van der Waals surface area contributed by atoms with Gasteiger partial charge in [0.25, 0.3) is 0 Å². The minimum absolute atomic E-state index is 0.104. The van der Waals surface area contributed by atoms with Crippen molar-refractivity contribution in [3.05, 3.63) is 0 Å². The summed E-state index contributed by atoms with van der Waals surface area (Å²) in [5.74, 6) is 1.49. The number of nitrogens with one attached hydrogen (secondary N) is 1. The zero-order valence-electron chi connectivity index (χ0n) is 12.3. The first-order chi connectivity index (χ1) is 8.57. The van der Waals surface area contributed by atoms with Gasteiger partial charge in [-0.3, -0.25) is 4.79 Å². The third-order valence-corrected chi connectivity index (χ3v) is 5.06. The number of carbonyl (C=O) groups excluding carboxylic acids is 1. The summed E-state index contributed by atoms with van der Waals surface area (Å²) in [5.41, 5.74) is -0.104. The molecule has 1 unspecified atom stereocenters. The highest BCUT2D eigenvalue weighted by Crippen LogP contribution is 2.35. The Morgan fingerprint density at radius 1 is 1.44 bits per heavy atom. The molecule has 18 heavy (non-hydrogen) atoms. The lowest BCUT2D eigenvalue weighted by molar-refractivity contribution is -0.144. The van der Waals surface area contributed by atoms with Crippen LogP contribution in [-0.2, 0) is 4.79 Å². The minimum atomic E-state index is -0.104. The van der Waals surface area contributed by atoms with Gasteiger partial charge in [-0.25, -0.2) is 0 Å². The van der Waals surface area contributed by atoms with Crippen LogP contribution in [0, 0.1) is 5.41 Å².